The van der Waals surface area contributed by atoms with E-state index < -0.39 is 0 Å². The summed E-state index contributed by atoms with van der Waals surface area (Å²) in [5.74, 6) is 0.322. The topological polar surface area (TPSA) is 38.9 Å². The summed E-state index contributed by atoms with van der Waals surface area (Å²) in [6.07, 6.45) is 2.71. The summed E-state index contributed by atoms with van der Waals surface area (Å²) in [5, 5.41) is 0. The molecule has 88 valence electrons. The molecule has 0 saturated carbocycles. The summed E-state index contributed by atoms with van der Waals surface area (Å²) in [6, 6.07) is 14.3. The molecule has 17 heavy (non-hydrogen) atoms. The highest BCUT2D eigenvalue weighted by Gasteiger charge is 2.11. The molecule has 0 aliphatic heterocycles. The third-order valence-electron chi connectivity index (χ3n) is 2.79. The van der Waals surface area contributed by atoms with Crippen LogP contribution in [0.2, 0.25) is 0 Å². The maximum Gasteiger partial charge on any atom is 0.0410 e. The second-order valence-electron chi connectivity index (χ2n) is 4.01. The third kappa shape index (κ3) is 3.38. The van der Waals surface area contributed by atoms with Gasteiger partial charge in [0.1, 0.15) is 0 Å². The van der Waals surface area contributed by atoms with Gasteiger partial charge in [-0.3, -0.25) is 4.98 Å². The molecule has 2 N–H and O–H groups in total. The Kier molecular flexibility index (Phi) is 4.29. The minimum Gasteiger partial charge on any atom is -0.330 e. The number of rotatable bonds is 4. The first-order valence-electron chi connectivity index (χ1n) is 5.65. The first-order chi connectivity index (χ1) is 8.29. The predicted octanol–water partition coefficient (Wildman–Crippen LogP) is 3.13. The van der Waals surface area contributed by atoms with Crippen LogP contribution >= 0.6 is 15.9 Å². The molecule has 0 bridgehead atoms. The molecular formula is C14H15BrN2. The molecule has 1 atom stereocenters. The molecular weight excluding hydrogens is 276 g/mol. The monoisotopic (exact) mass is 290 g/mol. The van der Waals surface area contributed by atoms with E-state index in [1.165, 1.54) is 5.56 Å². The Bertz CT molecular complexity index is 471. The molecule has 2 nitrogen and oxygen atoms in total. The normalized spacial score (nSPS) is 12.4. The van der Waals surface area contributed by atoms with E-state index in [4.69, 9.17) is 5.73 Å². The van der Waals surface area contributed by atoms with E-state index in [2.05, 4.69) is 33.0 Å². The van der Waals surface area contributed by atoms with Crippen LogP contribution < -0.4 is 5.73 Å². The minimum atomic E-state index is 0.322. The fraction of sp³-hybridized carbons (Fsp3) is 0.214. The fourth-order valence-corrected chi connectivity index (χ4v) is 2.29. The van der Waals surface area contributed by atoms with Gasteiger partial charge in [0.05, 0.1) is 0 Å². The largest absolute Gasteiger partial charge is 0.330 e. The average molecular weight is 291 g/mol. The number of hydrogen-bond donors (Lipinski definition) is 1. The summed E-state index contributed by atoms with van der Waals surface area (Å²) in [7, 11) is 0. The first kappa shape index (κ1) is 12.3. The minimum absolute atomic E-state index is 0.322. The van der Waals surface area contributed by atoms with Crippen LogP contribution in [-0.4, -0.2) is 11.5 Å². The summed E-state index contributed by atoms with van der Waals surface area (Å²) >= 11 is 3.49. The Hall–Kier alpha value is -1.19. The van der Waals surface area contributed by atoms with Crippen molar-refractivity contribution in [3.8, 4) is 0 Å². The lowest BCUT2D eigenvalue weighted by atomic mass is 9.94. The predicted molar refractivity (Wildman–Crippen MR) is 73.9 cm³/mol. The molecule has 0 aliphatic rings. The van der Waals surface area contributed by atoms with Gasteiger partial charge in [-0.05, 0) is 42.8 Å². The Morgan fingerprint density at radius 3 is 2.71 bits per heavy atom. The van der Waals surface area contributed by atoms with Crippen LogP contribution in [0, 0.1) is 0 Å². The number of aromatic nitrogens is 1. The van der Waals surface area contributed by atoms with Gasteiger partial charge in [0, 0.05) is 22.3 Å². The van der Waals surface area contributed by atoms with Crippen LogP contribution in [-0.2, 0) is 6.42 Å². The molecule has 1 aromatic carbocycles. The second kappa shape index (κ2) is 5.94. The van der Waals surface area contributed by atoms with Crippen molar-refractivity contribution >= 4 is 15.9 Å². The molecule has 1 unspecified atom stereocenters. The highest BCUT2D eigenvalue weighted by atomic mass is 79.9. The van der Waals surface area contributed by atoms with Crippen molar-refractivity contribution in [2.45, 2.75) is 12.3 Å². The number of nitrogens with two attached hydrogens (primary N) is 1. The van der Waals surface area contributed by atoms with Crippen molar-refractivity contribution < 1.29 is 0 Å². The maximum atomic E-state index is 5.86. The highest BCUT2D eigenvalue weighted by molar-refractivity contribution is 9.10. The molecule has 0 saturated heterocycles. The lowest BCUT2D eigenvalue weighted by molar-refractivity contribution is 0.681. The Morgan fingerprint density at radius 2 is 2.06 bits per heavy atom. The van der Waals surface area contributed by atoms with E-state index in [0.717, 1.165) is 16.6 Å². The lowest BCUT2D eigenvalue weighted by Crippen LogP contribution is -2.15. The van der Waals surface area contributed by atoms with E-state index in [-0.39, 0.29) is 0 Å². The number of nitrogens with zero attached hydrogens (tertiary/aromatic N) is 1. The quantitative estimate of drug-likeness (QED) is 0.940. The van der Waals surface area contributed by atoms with Gasteiger partial charge >= 0.3 is 0 Å². The molecule has 0 radical (unpaired) electrons. The Balaban J connectivity index is 2.17. The van der Waals surface area contributed by atoms with Gasteiger partial charge in [-0.15, -0.1) is 0 Å². The zero-order chi connectivity index (χ0) is 12.1. The van der Waals surface area contributed by atoms with Gasteiger partial charge in [0.25, 0.3) is 0 Å². The Labute approximate surface area is 110 Å². The fourth-order valence-electron chi connectivity index (χ4n) is 1.87. The summed E-state index contributed by atoms with van der Waals surface area (Å²) in [4.78, 5) is 4.35. The number of hydrogen-bond acceptors (Lipinski definition) is 2. The lowest BCUT2D eigenvalue weighted by Gasteiger charge is -2.15. The van der Waals surface area contributed by atoms with E-state index >= 15 is 0 Å². The van der Waals surface area contributed by atoms with Gasteiger partial charge in [-0.2, -0.15) is 0 Å². The van der Waals surface area contributed by atoms with Crippen molar-refractivity contribution in [2.24, 2.45) is 5.73 Å². The van der Waals surface area contributed by atoms with Crippen LogP contribution in [0.1, 0.15) is 17.2 Å². The van der Waals surface area contributed by atoms with E-state index in [1.54, 1.807) is 0 Å². The standard InChI is InChI=1S/C14H15BrN2/c15-13-5-3-4-11(8-13)12(10-16)9-14-6-1-2-7-17-14/h1-8,12H,9-10,16H2. The number of halogens is 1. The second-order valence-corrected chi connectivity index (χ2v) is 4.93. The first-order valence-corrected chi connectivity index (χ1v) is 6.44. The van der Waals surface area contributed by atoms with Crippen LogP contribution in [0.4, 0.5) is 0 Å². The third-order valence-corrected chi connectivity index (χ3v) is 3.28. The van der Waals surface area contributed by atoms with Crippen LogP contribution in [0.3, 0.4) is 0 Å². The molecule has 0 spiro atoms. The number of pyridine rings is 1. The average Bonchev–Trinajstić information content (AvgIpc) is 2.37. The molecule has 1 heterocycles. The van der Waals surface area contributed by atoms with Crippen molar-refractivity contribution in [1.82, 2.24) is 4.98 Å². The van der Waals surface area contributed by atoms with Crippen LogP contribution in [0.15, 0.2) is 53.1 Å². The molecule has 0 fully saturated rings. The van der Waals surface area contributed by atoms with Crippen molar-refractivity contribution in [3.63, 3.8) is 0 Å². The van der Waals surface area contributed by atoms with Gasteiger partial charge in [-0.1, -0.05) is 34.1 Å². The van der Waals surface area contributed by atoms with E-state index in [0.29, 0.717) is 12.5 Å². The SMILES string of the molecule is NCC(Cc1ccccn1)c1cccc(Br)c1. The van der Waals surface area contributed by atoms with Gasteiger partial charge in [-0.25, -0.2) is 0 Å². The van der Waals surface area contributed by atoms with Crippen molar-refractivity contribution in [1.29, 1.82) is 0 Å². The van der Waals surface area contributed by atoms with Crippen molar-refractivity contribution in [3.05, 3.63) is 64.4 Å². The molecule has 0 aliphatic carbocycles. The zero-order valence-corrected chi connectivity index (χ0v) is 11.1. The van der Waals surface area contributed by atoms with Gasteiger partial charge < -0.3 is 5.73 Å². The van der Waals surface area contributed by atoms with Crippen LogP contribution in [0.25, 0.3) is 0 Å². The molecule has 0 amide bonds. The van der Waals surface area contributed by atoms with Crippen molar-refractivity contribution in [2.75, 3.05) is 6.54 Å². The zero-order valence-electron chi connectivity index (χ0n) is 9.51. The summed E-state index contributed by atoms with van der Waals surface area (Å²) < 4.78 is 1.09. The van der Waals surface area contributed by atoms with Gasteiger partial charge in [0.2, 0.25) is 0 Å². The summed E-state index contributed by atoms with van der Waals surface area (Å²) in [6.45, 7) is 0.632. The number of benzene rings is 1. The maximum absolute atomic E-state index is 5.86. The smallest absolute Gasteiger partial charge is 0.0410 e. The van der Waals surface area contributed by atoms with Gasteiger partial charge in [0.15, 0.2) is 0 Å². The molecule has 3 heteroatoms. The summed E-state index contributed by atoms with van der Waals surface area (Å²) in [5.41, 5.74) is 8.20. The van der Waals surface area contributed by atoms with E-state index in [9.17, 15) is 0 Å². The Morgan fingerprint density at radius 1 is 1.18 bits per heavy atom. The molecule has 2 aromatic rings. The molecule has 2 rings (SSSR count). The highest BCUT2D eigenvalue weighted by Crippen LogP contribution is 2.22. The molecule has 1 aromatic heterocycles. The van der Waals surface area contributed by atoms with E-state index in [1.807, 2.05) is 36.5 Å². The van der Waals surface area contributed by atoms with Crippen LogP contribution in [0.5, 0.6) is 0 Å².